The number of aromatic nitrogens is 4. The van der Waals surface area contributed by atoms with Crippen molar-refractivity contribution in [3.05, 3.63) is 49.2 Å². The molecule has 0 saturated carbocycles. The Morgan fingerprint density at radius 2 is 1.96 bits per heavy atom. The van der Waals surface area contributed by atoms with Crippen LogP contribution in [0.4, 0.5) is 5.82 Å². The minimum atomic E-state index is 0.554. The highest BCUT2D eigenvalue weighted by atomic mass is 16.5. The first-order valence-electron chi connectivity index (χ1n) is 8.23. The molecule has 0 unspecified atom stereocenters. The van der Waals surface area contributed by atoms with Crippen LogP contribution in [0.15, 0.2) is 49.2 Å². The Balaban J connectivity index is 1.39. The van der Waals surface area contributed by atoms with E-state index in [0.717, 1.165) is 49.3 Å². The molecule has 0 aromatic carbocycles. The third-order valence-electron chi connectivity index (χ3n) is 4.44. The van der Waals surface area contributed by atoms with Crippen LogP contribution < -0.4 is 9.64 Å². The molecule has 1 aliphatic heterocycles. The number of ether oxygens (including phenoxy) is 1. The molecule has 3 aromatic heterocycles. The van der Waals surface area contributed by atoms with Gasteiger partial charge in [0.05, 0.1) is 18.3 Å². The Morgan fingerprint density at radius 1 is 1.04 bits per heavy atom. The van der Waals surface area contributed by atoms with Gasteiger partial charge in [-0.1, -0.05) is 6.07 Å². The van der Waals surface area contributed by atoms with Crippen LogP contribution in [0.25, 0.3) is 10.9 Å². The predicted octanol–water partition coefficient (Wildman–Crippen LogP) is 2.72. The quantitative estimate of drug-likeness (QED) is 0.736. The molecule has 6 heteroatoms. The van der Waals surface area contributed by atoms with Crippen molar-refractivity contribution in [3.63, 3.8) is 0 Å². The van der Waals surface area contributed by atoms with Crippen molar-refractivity contribution in [1.29, 1.82) is 0 Å². The molecule has 24 heavy (non-hydrogen) atoms. The first kappa shape index (κ1) is 14.8. The largest absolute Gasteiger partial charge is 0.477 e. The van der Waals surface area contributed by atoms with E-state index < -0.39 is 0 Å². The highest BCUT2D eigenvalue weighted by Gasteiger charge is 2.22. The normalized spacial score (nSPS) is 15.6. The van der Waals surface area contributed by atoms with Crippen molar-refractivity contribution in [2.24, 2.45) is 5.92 Å². The summed E-state index contributed by atoms with van der Waals surface area (Å²) in [6.45, 7) is 2.68. The van der Waals surface area contributed by atoms with Crippen LogP contribution >= 0.6 is 0 Å². The molecule has 3 aromatic rings. The molecule has 0 amide bonds. The maximum atomic E-state index is 5.79. The van der Waals surface area contributed by atoms with Crippen molar-refractivity contribution in [1.82, 2.24) is 19.9 Å². The predicted molar refractivity (Wildman–Crippen MR) is 92.0 cm³/mol. The molecule has 0 atom stereocenters. The molecule has 6 nitrogen and oxygen atoms in total. The van der Waals surface area contributed by atoms with Gasteiger partial charge in [-0.25, -0.2) is 15.0 Å². The zero-order valence-corrected chi connectivity index (χ0v) is 13.4. The molecule has 4 heterocycles. The molecule has 0 bridgehead atoms. The van der Waals surface area contributed by atoms with Crippen molar-refractivity contribution in [3.8, 4) is 5.88 Å². The van der Waals surface area contributed by atoms with Gasteiger partial charge in [-0.05, 0) is 30.9 Å². The number of rotatable bonds is 4. The van der Waals surface area contributed by atoms with Crippen LogP contribution in [0.1, 0.15) is 12.8 Å². The Labute approximate surface area is 140 Å². The van der Waals surface area contributed by atoms with Crippen LogP contribution in [0, 0.1) is 5.92 Å². The van der Waals surface area contributed by atoms with Crippen molar-refractivity contribution < 1.29 is 4.74 Å². The number of hydrogen-bond donors (Lipinski definition) is 0. The first-order valence-corrected chi connectivity index (χ1v) is 8.23. The second-order valence-electron chi connectivity index (χ2n) is 6.00. The van der Waals surface area contributed by atoms with E-state index in [-0.39, 0.29) is 0 Å². The highest BCUT2D eigenvalue weighted by Crippen LogP contribution is 2.27. The van der Waals surface area contributed by atoms with Crippen molar-refractivity contribution in [2.45, 2.75) is 12.8 Å². The summed E-state index contributed by atoms with van der Waals surface area (Å²) in [5.74, 6) is 2.26. The maximum Gasteiger partial charge on any atom is 0.213 e. The van der Waals surface area contributed by atoms with E-state index in [2.05, 4.69) is 24.8 Å². The summed E-state index contributed by atoms with van der Waals surface area (Å²) in [7, 11) is 0. The molecule has 0 aliphatic carbocycles. The molecule has 0 N–H and O–H groups in total. The third kappa shape index (κ3) is 3.13. The highest BCUT2D eigenvalue weighted by molar-refractivity contribution is 5.88. The van der Waals surface area contributed by atoms with E-state index in [1.165, 1.54) is 0 Å². The minimum absolute atomic E-state index is 0.554. The van der Waals surface area contributed by atoms with E-state index >= 15 is 0 Å². The smallest absolute Gasteiger partial charge is 0.213 e. The van der Waals surface area contributed by atoms with Gasteiger partial charge >= 0.3 is 0 Å². The summed E-state index contributed by atoms with van der Waals surface area (Å²) in [5, 5.41) is 1.07. The molecule has 0 radical (unpaired) electrons. The van der Waals surface area contributed by atoms with Crippen LogP contribution in [0.2, 0.25) is 0 Å². The van der Waals surface area contributed by atoms with Gasteiger partial charge < -0.3 is 9.64 Å². The lowest BCUT2D eigenvalue weighted by Crippen LogP contribution is -2.36. The SMILES string of the molecule is c1ccc(OCC2CCN(c3ncnc4cnccc34)CC2)nc1. The van der Waals surface area contributed by atoms with Gasteiger partial charge in [0.15, 0.2) is 0 Å². The summed E-state index contributed by atoms with van der Waals surface area (Å²) in [6.07, 6.45) is 9.13. The second kappa shape index (κ2) is 6.78. The summed E-state index contributed by atoms with van der Waals surface area (Å²) in [4.78, 5) is 19.5. The number of pyridine rings is 2. The topological polar surface area (TPSA) is 64.0 Å². The minimum Gasteiger partial charge on any atom is -0.477 e. The standard InChI is InChI=1S/C18H19N5O/c1-2-7-20-17(3-1)24-12-14-5-9-23(10-6-14)18-15-4-8-19-11-16(15)21-13-22-18/h1-4,7-8,11,13-14H,5-6,9-10,12H2. The average Bonchev–Trinajstić information content (AvgIpc) is 2.67. The first-order chi connectivity index (χ1) is 11.9. The second-order valence-corrected chi connectivity index (χ2v) is 6.00. The fourth-order valence-electron chi connectivity index (χ4n) is 3.09. The van der Waals surface area contributed by atoms with E-state index in [1.54, 1.807) is 24.9 Å². The molecular formula is C18H19N5O. The molecule has 1 saturated heterocycles. The van der Waals surface area contributed by atoms with E-state index in [9.17, 15) is 0 Å². The lowest BCUT2D eigenvalue weighted by molar-refractivity contribution is 0.216. The molecule has 0 spiro atoms. The third-order valence-corrected chi connectivity index (χ3v) is 4.44. The molecule has 4 rings (SSSR count). The Morgan fingerprint density at radius 3 is 2.79 bits per heavy atom. The van der Waals surface area contributed by atoms with Gasteiger partial charge in [0.25, 0.3) is 0 Å². The molecule has 122 valence electrons. The lowest BCUT2D eigenvalue weighted by atomic mass is 9.97. The average molecular weight is 321 g/mol. The Bertz CT molecular complexity index is 797. The summed E-state index contributed by atoms with van der Waals surface area (Å²) in [6, 6.07) is 7.73. The fourth-order valence-corrected chi connectivity index (χ4v) is 3.09. The van der Waals surface area contributed by atoms with Crippen LogP contribution in [-0.2, 0) is 0 Å². The zero-order valence-electron chi connectivity index (χ0n) is 13.4. The number of hydrogen-bond acceptors (Lipinski definition) is 6. The van der Waals surface area contributed by atoms with E-state index in [4.69, 9.17) is 4.74 Å². The lowest BCUT2D eigenvalue weighted by Gasteiger charge is -2.33. The summed E-state index contributed by atoms with van der Waals surface area (Å²) >= 11 is 0. The van der Waals surface area contributed by atoms with Crippen molar-refractivity contribution >= 4 is 16.7 Å². The zero-order chi connectivity index (χ0) is 16.2. The molecule has 1 fully saturated rings. The van der Waals surface area contributed by atoms with Gasteiger partial charge in [0.2, 0.25) is 5.88 Å². The fraction of sp³-hybridized carbons (Fsp3) is 0.333. The Kier molecular flexibility index (Phi) is 4.18. The monoisotopic (exact) mass is 321 g/mol. The van der Waals surface area contributed by atoms with Crippen LogP contribution in [-0.4, -0.2) is 39.6 Å². The van der Waals surface area contributed by atoms with Crippen LogP contribution in [0.3, 0.4) is 0 Å². The van der Waals surface area contributed by atoms with Crippen molar-refractivity contribution in [2.75, 3.05) is 24.6 Å². The summed E-state index contributed by atoms with van der Waals surface area (Å²) < 4.78 is 5.79. The number of piperidine rings is 1. The van der Waals surface area contributed by atoms with E-state index in [0.29, 0.717) is 11.8 Å². The van der Waals surface area contributed by atoms with Gasteiger partial charge in [0.1, 0.15) is 12.1 Å². The number of nitrogens with zero attached hydrogens (tertiary/aromatic N) is 5. The van der Waals surface area contributed by atoms with Gasteiger partial charge in [-0.2, -0.15) is 0 Å². The van der Waals surface area contributed by atoms with E-state index in [1.807, 2.05) is 24.3 Å². The maximum absolute atomic E-state index is 5.79. The Hall–Kier alpha value is -2.76. The van der Waals surface area contributed by atoms with Gasteiger partial charge in [-0.3, -0.25) is 4.98 Å². The van der Waals surface area contributed by atoms with Crippen LogP contribution in [0.5, 0.6) is 5.88 Å². The number of fused-ring (bicyclic) bond motifs is 1. The summed E-state index contributed by atoms with van der Waals surface area (Å²) in [5.41, 5.74) is 0.892. The molecular weight excluding hydrogens is 302 g/mol. The molecule has 1 aliphatic rings. The van der Waals surface area contributed by atoms with Gasteiger partial charge in [-0.15, -0.1) is 0 Å². The number of anilines is 1. The van der Waals surface area contributed by atoms with Gasteiger partial charge in [0, 0.05) is 36.9 Å².